The zero-order valence-electron chi connectivity index (χ0n) is 27.6. The van der Waals surface area contributed by atoms with Crippen molar-refractivity contribution in [1.82, 2.24) is 24.5 Å². The molecular formula is C42H29N5O2Pd2. The van der Waals surface area contributed by atoms with Crippen molar-refractivity contribution in [2.24, 2.45) is 0 Å². The molecule has 4 aromatic carbocycles. The third-order valence-corrected chi connectivity index (χ3v) is 8.23. The Morgan fingerprint density at radius 3 is 1.41 bits per heavy atom. The molecule has 0 unspecified atom stereocenters. The second-order valence-corrected chi connectivity index (χ2v) is 11.4. The smallest absolute Gasteiger partial charge is 0.503 e. The number of hydrogen-bond donors (Lipinski definition) is 0. The van der Waals surface area contributed by atoms with Gasteiger partial charge in [0.1, 0.15) is 0 Å². The molecule has 0 aliphatic heterocycles. The van der Waals surface area contributed by atoms with Crippen LogP contribution < -0.4 is 9.47 Å². The molecule has 254 valence electrons. The van der Waals surface area contributed by atoms with Gasteiger partial charge in [0.25, 0.3) is 0 Å². The first-order valence-electron chi connectivity index (χ1n) is 16.2. The van der Waals surface area contributed by atoms with Crippen LogP contribution in [0.4, 0.5) is 0 Å². The van der Waals surface area contributed by atoms with E-state index in [4.69, 9.17) is 9.47 Å². The first-order chi connectivity index (χ1) is 24.1. The van der Waals surface area contributed by atoms with E-state index < -0.39 is 0 Å². The van der Waals surface area contributed by atoms with Gasteiger partial charge in [0.15, 0.2) is 0 Å². The number of pyridine rings is 2. The van der Waals surface area contributed by atoms with E-state index in [0.29, 0.717) is 28.9 Å². The third-order valence-electron chi connectivity index (χ3n) is 8.23. The van der Waals surface area contributed by atoms with Gasteiger partial charge in [-0.1, -0.05) is 73.4 Å². The summed E-state index contributed by atoms with van der Waals surface area (Å²) in [4.78, 5) is 18.2. The first kappa shape index (κ1) is 35.8. The SMILES string of the molecule is CCc1cc(Oc2[c-]c3c(cc2)c2ccc(Oc4[c-]c(-c5ccccn5)cc(CC)c4)[c-]c2n3-c2ncccn2)[c-]c(-c2ccccn2)c1.[Pd+2].[Pd+2]. The maximum atomic E-state index is 6.41. The summed E-state index contributed by atoms with van der Waals surface area (Å²) in [6.45, 7) is 4.23. The quantitative estimate of drug-likeness (QED) is 0.107. The van der Waals surface area contributed by atoms with Crippen molar-refractivity contribution in [2.75, 3.05) is 0 Å². The zero-order valence-corrected chi connectivity index (χ0v) is 30.7. The molecule has 0 aliphatic rings. The van der Waals surface area contributed by atoms with Gasteiger partial charge in [-0.3, -0.25) is 0 Å². The van der Waals surface area contributed by atoms with E-state index in [9.17, 15) is 0 Å². The summed E-state index contributed by atoms with van der Waals surface area (Å²) in [5.41, 5.74) is 7.17. The van der Waals surface area contributed by atoms with E-state index >= 15 is 0 Å². The van der Waals surface area contributed by atoms with E-state index in [0.717, 1.165) is 68.3 Å². The van der Waals surface area contributed by atoms with Gasteiger partial charge in [0.2, 0.25) is 5.95 Å². The van der Waals surface area contributed by atoms with Crippen molar-refractivity contribution in [2.45, 2.75) is 26.7 Å². The van der Waals surface area contributed by atoms with Crippen molar-refractivity contribution in [3.8, 4) is 51.5 Å². The summed E-state index contributed by atoms with van der Waals surface area (Å²) in [6.07, 6.45) is 8.69. The third kappa shape index (κ3) is 7.54. The van der Waals surface area contributed by atoms with Crippen molar-refractivity contribution < 1.29 is 50.3 Å². The maximum absolute atomic E-state index is 6.41. The summed E-state index contributed by atoms with van der Waals surface area (Å²) < 4.78 is 14.8. The van der Waals surface area contributed by atoms with E-state index in [1.165, 1.54) is 0 Å². The fourth-order valence-electron chi connectivity index (χ4n) is 5.83. The average Bonchev–Trinajstić information content (AvgIpc) is 3.48. The van der Waals surface area contributed by atoms with Crippen LogP contribution in [-0.2, 0) is 53.7 Å². The van der Waals surface area contributed by atoms with E-state index in [-0.39, 0.29) is 40.8 Å². The molecule has 51 heavy (non-hydrogen) atoms. The van der Waals surface area contributed by atoms with Crippen LogP contribution in [0.25, 0.3) is 50.3 Å². The minimum atomic E-state index is 0. The summed E-state index contributed by atoms with van der Waals surface area (Å²) >= 11 is 0. The molecule has 0 saturated heterocycles. The number of fused-ring (bicyclic) bond motifs is 3. The van der Waals surface area contributed by atoms with Gasteiger partial charge < -0.3 is 24.0 Å². The Hall–Kier alpha value is -5.02. The normalized spacial score (nSPS) is 10.8. The Labute approximate surface area is 324 Å². The van der Waals surface area contributed by atoms with E-state index in [2.05, 4.69) is 70.2 Å². The fraction of sp³-hybridized carbons (Fsp3) is 0.0952. The summed E-state index contributed by atoms with van der Waals surface area (Å²) in [6, 6.07) is 43.3. The summed E-state index contributed by atoms with van der Waals surface area (Å²) in [5.74, 6) is 2.74. The Bertz CT molecular complexity index is 2270. The summed E-state index contributed by atoms with van der Waals surface area (Å²) in [5, 5.41) is 1.91. The molecule has 0 N–H and O–H groups in total. The summed E-state index contributed by atoms with van der Waals surface area (Å²) in [7, 11) is 0. The molecule has 4 heterocycles. The van der Waals surface area contributed by atoms with Crippen LogP contribution in [0.3, 0.4) is 0 Å². The largest absolute Gasteiger partial charge is 2.00 e. The van der Waals surface area contributed by atoms with Crippen molar-refractivity contribution in [3.63, 3.8) is 0 Å². The van der Waals surface area contributed by atoms with Crippen LogP contribution in [0.5, 0.6) is 23.0 Å². The second kappa shape index (κ2) is 15.9. The molecule has 0 radical (unpaired) electrons. The molecule has 0 amide bonds. The Morgan fingerprint density at radius 2 is 0.980 bits per heavy atom. The van der Waals surface area contributed by atoms with Gasteiger partial charge in [0, 0.05) is 47.8 Å². The molecule has 7 nitrogen and oxygen atoms in total. The van der Waals surface area contributed by atoms with Gasteiger partial charge >= 0.3 is 40.8 Å². The Balaban J connectivity index is 0.00000224. The molecule has 8 rings (SSSR count). The van der Waals surface area contributed by atoms with Crippen LogP contribution in [0.2, 0.25) is 0 Å². The predicted molar refractivity (Wildman–Crippen MR) is 190 cm³/mol. The maximum Gasteiger partial charge on any atom is 2.00 e. The molecule has 0 atom stereocenters. The zero-order chi connectivity index (χ0) is 33.2. The molecule has 8 aromatic rings. The molecule has 4 aromatic heterocycles. The molecule has 0 saturated carbocycles. The van der Waals surface area contributed by atoms with Crippen molar-refractivity contribution in [1.29, 1.82) is 0 Å². The predicted octanol–water partition coefficient (Wildman–Crippen LogP) is 9.60. The van der Waals surface area contributed by atoms with Crippen LogP contribution in [0.1, 0.15) is 25.0 Å². The number of aromatic nitrogens is 5. The van der Waals surface area contributed by atoms with Gasteiger partial charge in [-0.25, -0.2) is 9.97 Å². The molecule has 0 bridgehead atoms. The number of benzene rings is 4. The number of ether oxygens (including phenoxy) is 2. The average molecular weight is 849 g/mol. The first-order valence-corrected chi connectivity index (χ1v) is 16.2. The van der Waals surface area contributed by atoms with Gasteiger partial charge in [-0.15, -0.1) is 58.7 Å². The van der Waals surface area contributed by atoms with Crippen LogP contribution in [0.15, 0.2) is 116 Å². The molecule has 0 fully saturated rings. The fourth-order valence-corrected chi connectivity index (χ4v) is 5.83. The Kier molecular flexibility index (Phi) is 11.2. The molecule has 9 heteroatoms. The van der Waals surface area contributed by atoms with Crippen molar-refractivity contribution >= 4 is 21.8 Å². The minimum Gasteiger partial charge on any atom is -0.503 e. The Morgan fingerprint density at radius 1 is 0.510 bits per heavy atom. The van der Waals surface area contributed by atoms with E-state index in [1.54, 1.807) is 30.9 Å². The van der Waals surface area contributed by atoms with Gasteiger partial charge in [-0.2, -0.15) is 22.9 Å². The van der Waals surface area contributed by atoms with Crippen LogP contribution in [0, 0.1) is 24.3 Å². The monoisotopic (exact) mass is 847 g/mol. The molecular weight excluding hydrogens is 819 g/mol. The number of aryl methyl sites for hydroxylation is 2. The molecule has 0 aliphatic carbocycles. The van der Waals surface area contributed by atoms with Crippen molar-refractivity contribution in [3.05, 3.63) is 151 Å². The molecule has 0 spiro atoms. The number of nitrogens with zero attached hydrogens (tertiary/aromatic N) is 5. The number of rotatable bonds is 9. The van der Waals surface area contributed by atoms with E-state index in [1.807, 2.05) is 77.4 Å². The van der Waals surface area contributed by atoms with Gasteiger partial charge in [0.05, 0.1) is 0 Å². The topological polar surface area (TPSA) is 75.0 Å². The second-order valence-electron chi connectivity index (χ2n) is 11.4. The van der Waals surface area contributed by atoms with Crippen LogP contribution in [-0.4, -0.2) is 24.5 Å². The van der Waals surface area contributed by atoms with Gasteiger partial charge in [-0.05, 0) is 42.4 Å². The standard InChI is InChI=1S/C42H29N5O2.2Pd/c1-3-28-20-30(38-10-5-7-16-43-38)24-34(22-28)48-32-12-14-36-37-15-13-33(27-41(37)47(40(36)26-32)42-45-18-9-19-46-42)49-35-23-29(4-2)21-31(25-35)39-11-6-8-17-44-39;;/h5-23H,3-4H2,1-2H3;;/q-4;2*+2. The number of hydrogen-bond acceptors (Lipinski definition) is 6. The minimum absolute atomic E-state index is 0. The van der Waals surface area contributed by atoms with Crippen LogP contribution >= 0.6 is 0 Å².